The van der Waals surface area contributed by atoms with Gasteiger partial charge in [0.25, 0.3) is 16.1 Å². The Kier molecular flexibility index (Phi) is 10.1. The lowest BCUT2D eigenvalue weighted by molar-refractivity contribution is -0.156. The lowest BCUT2D eigenvalue weighted by Gasteiger charge is -2.34. The molecule has 14 heteroatoms. The van der Waals surface area contributed by atoms with E-state index in [0.717, 1.165) is 31.6 Å². The zero-order valence-corrected chi connectivity index (χ0v) is 24.5. The standard InChI is InChI=1S/C27H39N7O6S/c1-27(2,3)40-25(36)23(32-41(37,38)34-14-16-39-17-15-34)18-30-24(35)20-7-9-22(10-8-20)33-13-4-6-21(19-33)31-26-28-11-5-12-29-26/h5,7-12,21,23,32H,4,6,13-19H2,1-3H3,(H,30,35)(H,28,29,31). The van der Waals surface area contributed by atoms with Crippen LogP contribution in [-0.4, -0.2) is 98.2 Å². The van der Waals surface area contributed by atoms with E-state index < -0.39 is 33.7 Å². The molecule has 0 aliphatic carbocycles. The number of morpholine rings is 1. The number of anilines is 2. The Hall–Kier alpha value is -3.33. The highest BCUT2D eigenvalue weighted by atomic mass is 32.2. The Morgan fingerprint density at radius 3 is 2.44 bits per heavy atom. The number of amides is 1. The zero-order valence-electron chi connectivity index (χ0n) is 23.7. The second-order valence-electron chi connectivity index (χ2n) is 11.0. The van der Waals surface area contributed by atoms with E-state index in [1.807, 2.05) is 12.1 Å². The second-order valence-corrected chi connectivity index (χ2v) is 12.7. The minimum Gasteiger partial charge on any atom is -0.459 e. The summed E-state index contributed by atoms with van der Waals surface area (Å²) in [7, 11) is -4.01. The summed E-state index contributed by atoms with van der Waals surface area (Å²) in [6, 6.07) is 7.84. The van der Waals surface area contributed by atoms with Gasteiger partial charge >= 0.3 is 5.97 Å². The van der Waals surface area contributed by atoms with Gasteiger partial charge in [-0.25, -0.2) is 9.97 Å². The molecular formula is C27H39N7O6S. The molecule has 224 valence electrons. The van der Waals surface area contributed by atoms with Gasteiger partial charge in [0.15, 0.2) is 0 Å². The lowest BCUT2D eigenvalue weighted by atomic mass is 10.0. The van der Waals surface area contributed by atoms with Crippen LogP contribution in [0.5, 0.6) is 0 Å². The summed E-state index contributed by atoms with van der Waals surface area (Å²) in [6.07, 6.45) is 5.41. The molecule has 2 atom stereocenters. The molecule has 0 bridgehead atoms. The van der Waals surface area contributed by atoms with E-state index in [2.05, 4.69) is 30.2 Å². The van der Waals surface area contributed by atoms with Crippen molar-refractivity contribution in [1.82, 2.24) is 24.3 Å². The third kappa shape index (κ3) is 9.08. The molecule has 1 aromatic heterocycles. The van der Waals surface area contributed by atoms with Crippen LogP contribution in [0, 0.1) is 0 Å². The summed E-state index contributed by atoms with van der Waals surface area (Å²) in [4.78, 5) is 36.6. The van der Waals surface area contributed by atoms with Crippen molar-refractivity contribution < 1.29 is 27.5 Å². The molecule has 41 heavy (non-hydrogen) atoms. The van der Waals surface area contributed by atoms with Crippen molar-refractivity contribution in [1.29, 1.82) is 0 Å². The summed E-state index contributed by atoms with van der Waals surface area (Å²) in [5, 5.41) is 6.05. The molecule has 1 aromatic carbocycles. The lowest BCUT2D eigenvalue weighted by Crippen LogP contribution is -2.55. The van der Waals surface area contributed by atoms with Crippen LogP contribution in [-0.2, 0) is 24.5 Å². The van der Waals surface area contributed by atoms with Crippen LogP contribution >= 0.6 is 0 Å². The van der Waals surface area contributed by atoms with E-state index in [9.17, 15) is 18.0 Å². The number of aromatic nitrogens is 2. The van der Waals surface area contributed by atoms with Gasteiger partial charge in [-0.1, -0.05) is 0 Å². The maximum absolute atomic E-state index is 13.0. The van der Waals surface area contributed by atoms with Crippen molar-refractivity contribution in [2.24, 2.45) is 0 Å². The van der Waals surface area contributed by atoms with E-state index in [1.54, 1.807) is 51.4 Å². The van der Waals surface area contributed by atoms with Crippen LogP contribution in [0.25, 0.3) is 0 Å². The fraction of sp³-hybridized carbons (Fsp3) is 0.556. The number of carbonyl (C=O) groups excluding carboxylic acids is 2. The number of nitrogens with one attached hydrogen (secondary N) is 3. The van der Waals surface area contributed by atoms with E-state index in [0.29, 0.717) is 11.5 Å². The van der Waals surface area contributed by atoms with Gasteiger partial charge in [0.1, 0.15) is 11.6 Å². The zero-order chi connectivity index (χ0) is 29.5. The number of hydrogen-bond acceptors (Lipinski definition) is 10. The first-order valence-electron chi connectivity index (χ1n) is 13.7. The van der Waals surface area contributed by atoms with Gasteiger partial charge in [-0.3, -0.25) is 9.59 Å². The number of hydrogen-bond donors (Lipinski definition) is 3. The van der Waals surface area contributed by atoms with Gasteiger partial charge in [0.05, 0.1) is 13.2 Å². The number of esters is 1. The predicted octanol–water partition coefficient (Wildman–Crippen LogP) is 1.16. The van der Waals surface area contributed by atoms with Crippen molar-refractivity contribution in [3.8, 4) is 0 Å². The molecule has 3 N–H and O–H groups in total. The molecule has 0 radical (unpaired) electrons. The summed E-state index contributed by atoms with van der Waals surface area (Å²) < 4.78 is 40.1. The average Bonchev–Trinajstić information content (AvgIpc) is 2.95. The number of rotatable bonds is 10. The van der Waals surface area contributed by atoms with Crippen molar-refractivity contribution in [2.45, 2.75) is 51.3 Å². The van der Waals surface area contributed by atoms with E-state index >= 15 is 0 Å². The minimum atomic E-state index is -4.01. The molecule has 2 aromatic rings. The molecule has 0 spiro atoms. The van der Waals surface area contributed by atoms with E-state index in [4.69, 9.17) is 9.47 Å². The van der Waals surface area contributed by atoms with E-state index in [-0.39, 0.29) is 38.9 Å². The molecule has 2 fully saturated rings. The van der Waals surface area contributed by atoms with Crippen molar-refractivity contribution in [3.05, 3.63) is 48.3 Å². The summed E-state index contributed by atoms with van der Waals surface area (Å²) in [6.45, 7) is 7.32. The van der Waals surface area contributed by atoms with Crippen LogP contribution < -0.4 is 20.3 Å². The van der Waals surface area contributed by atoms with Crippen LogP contribution in [0.3, 0.4) is 0 Å². The Bertz CT molecular complexity index is 1270. The largest absolute Gasteiger partial charge is 0.459 e. The van der Waals surface area contributed by atoms with Crippen LogP contribution in [0.2, 0.25) is 0 Å². The maximum atomic E-state index is 13.0. The van der Waals surface area contributed by atoms with Gasteiger partial charge in [0, 0.05) is 62.4 Å². The van der Waals surface area contributed by atoms with Gasteiger partial charge < -0.3 is 25.0 Å². The number of ether oxygens (including phenoxy) is 2. The number of carbonyl (C=O) groups is 2. The first kappa shape index (κ1) is 30.6. The van der Waals surface area contributed by atoms with Crippen molar-refractivity contribution in [2.75, 3.05) is 56.2 Å². The fourth-order valence-corrected chi connectivity index (χ4v) is 5.91. The number of benzene rings is 1. The second kappa shape index (κ2) is 13.6. The topological polar surface area (TPSA) is 155 Å². The number of nitrogens with zero attached hydrogens (tertiary/aromatic N) is 4. The Morgan fingerprint density at radius 1 is 1.10 bits per heavy atom. The molecule has 2 aliphatic heterocycles. The van der Waals surface area contributed by atoms with E-state index in [1.165, 1.54) is 4.31 Å². The Morgan fingerprint density at radius 2 is 1.78 bits per heavy atom. The van der Waals surface area contributed by atoms with Gasteiger partial charge in [-0.05, 0) is 63.9 Å². The van der Waals surface area contributed by atoms with Gasteiger partial charge in [-0.15, -0.1) is 0 Å². The first-order chi connectivity index (χ1) is 19.5. The molecule has 2 unspecified atom stereocenters. The smallest absolute Gasteiger partial charge is 0.326 e. The molecule has 13 nitrogen and oxygen atoms in total. The fourth-order valence-electron chi connectivity index (χ4n) is 4.59. The summed E-state index contributed by atoms with van der Waals surface area (Å²) in [5.74, 6) is -0.613. The minimum absolute atomic E-state index is 0.170. The molecule has 2 saturated heterocycles. The van der Waals surface area contributed by atoms with Gasteiger partial charge in [-0.2, -0.15) is 17.4 Å². The van der Waals surface area contributed by atoms with Crippen LogP contribution in [0.4, 0.5) is 11.6 Å². The molecule has 3 heterocycles. The highest BCUT2D eigenvalue weighted by Gasteiger charge is 2.33. The monoisotopic (exact) mass is 589 g/mol. The quantitative estimate of drug-likeness (QED) is 0.344. The van der Waals surface area contributed by atoms with Crippen molar-refractivity contribution in [3.63, 3.8) is 0 Å². The van der Waals surface area contributed by atoms with Crippen LogP contribution in [0.15, 0.2) is 42.7 Å². The Balaban J connectivity index is 1.36. The average molecular weight is 590 g/mol. The highest BCUT2D eigenvalue weighted by Crippen LogP contribution is 2.22. The third-order valence-corrected chi connectivity index (χ3v) is 8.20. The summed E-state index contributed by atoms with van der Waals surface area (Å²) in [5.41, 5.74) is 0.528. The Labute approximate surface area is 241 Å². The number of piperidine rings is 1. The van der Waals surface area contributed by atoms with Crippen LogP contribution in [0.1, 0.15) is 44.0 Å². The normalized spacial score (nSPS) is 19.3. The first-order valence-corrected chi connectivity index (χ1v) is 15.2. The SMILES string of the molecule is CC(C)(C)OC(=O)C(CNC(=O)c1ccc(N2CCCC(Nc3ncccn3)C2)cc1)NS(=O)(=O)N1CCOCC1. The third-order valence-electron chi connectivity index (χ3n) is 6.57. The molecular weight excluding hydrogens is 550 g/mol. The molecule has 1 amide bonds. The molecule has 4 rings (SSSR count). The molecule has 0 saturated carbocycles. The van der Waals surface area contributed by atoms with Crippen molar-refractivity contribution >= 4 is 33.7 Å². The highest BCUT2D eigenvalue weighted by molar-refractivity contribution is 7.87. The molecule has 2 aliphatic rings. The van der Waals surface area contributed by atoms with Gasteiger partial charge in [0.2, 0.25) is 5.95 Å². The predicted molar refractivity (Wildman–Crippen MR) is 154 cm³/mol. The summed E-state index contributed by atoms with van der Waals surface area (Å²) >= 11 is 0. The maximum Gasteiger partial charge on any atom is 0.326 e.